The van der Waals surface area contributed by atoms with Gasteiger partial charge in [-0.2, -0.15) is 0 Å². The lowest BCUT2D eigenvalue weighted by Crippen LogP contribution is -2.68. The summed E-state index contributed by atoms with van der Waals surface area (Å²) in [4.78, 5) is 14.7. The monoisotopic (exact) mass is 852 g/mol. The summed E-state index contributed by atoms with van der Waals surface area (Å²) >= 11 is 6.61. The first-order valence-electron chi connectivity index (χ1n) is 20.7. The van der Waals surface area contributed by atoms with Crippen LogP contribution in [0.5, 0.6) is 5.75 Å². The third kappa shape index (κ3) is 8.19. The molecule has 312 valence electrons. The fourth-order valence-corrected chi connectivity index (χ4v) is 17.4. The number of ether oxygens (including phenoxy) is 1. The van der Waals surface area contributed by atoms with Gasteiger partial charge in [0.1, 0.15) is 12.4 Å². The highest BCUT2D eigenvalue weighted by Crippen LogP contribution is 2.49. The number of benzene rings is 4. The highest BCUT2D eigenvalue weighted by Gasteiger charge is 2.56. The summed E-state index contributed by atoms with van der Waals surface area (Å²) in [7, 11) is -7.13. The predicted octanol–water partition coefficient (Wildman–Crippen LogP) is 7.40. The number of aryl methyl sites for hydroxylation is 1. The van der Waals surface area contributed by atoms with Crippen LogP contribution in [0, 0.1) is 11.8 Å². The molecule has 1 aliphatic heterocycles. The minimum atomic E-state index is -3.98. The molecule has 8 nitrogen and oxygen atoms in total. The third-order valence-electron chi connectivity index (χ3n) is 13.1. The Balaban J connectivity index is 1.32. The molecule has 1 spiro atoms. The molecule has 0 aromatic heterocycles. The number of primary amides is 1. The van der Waals surface area contributed by atoms with Gasteiger partial charge < -0.3 is 24.9 Å². The van der Waals surface area contributed by atoms with Crippen LogP contribution in [-0.2, 0) is 26.1 Å². The van der Waals surface area contributed by atoms with E-state index in [4.69, 9.17) is 26.5 Å². The van der Waals surface area contributed by atoms with E-state index in [0.29, 0.717) is 47.8 Å². The number of anilines is 1. The Bertz CT molecular complexity index is 2240. The Morgan fingerprint density at radius 1 is 1.02 bits per heavy atom. The third-order valence-corrected chi connectivity index (χ3v) is 20.8. The number of amides is 1. The molecule has 7 rings (SSSR count). The maximum atomic E-state index is 15.5. The van der Waals surface area contributed by atoms with E-state index in [-0.39, 0.29) is 35.8 Å². The second-order valence-electron chi connectivity index (χ2n) is 17.7. The molecule has 0 radical (unpaired) electrons. The summed E-state index contributed by atoms with van der Waals surface area (Å²) in [5.74, 6) is -0.110. The SMILES string of the molecule is C=CC[C@H](O)[C@@H]1CC[C@H]1CN1CC2(COc3ccc(C(N)=O)cc31)c1ccc(Cl)cc1CCC2S(=O)(=O)C[C@@H](C=C)O[Si](c1ccccc1)(c1ccccc1)C(C)(C)C. The Labute approximate surface area is 356 Å². The van der Waals surface area contributed by atoms with Crippen molar-refractivity contribution in [3.8, 4) is 5.75 Å². The fraction of sp³-hybridized carbons (Fsp3) is 0.396. The van der Waals surface area contributed by atoms with Gasteiger partial charge in [0.05, 0.1) is 34.3 Å². The normalized spacial score (nSPS) is 22.8. The van der Waals surface area contributed by atoms with Crippen LogP contribution in [0.4, 0.5) is 5.69 Å². The lowest BCUT2D eigenvalue weighted by molar-refractivity contribution is 0.0178. The molecule has 4 aromatic rings. The second-order valence-corrected chi connectivity index (χ2v) is 24.6. The first kappa shape index (κ1) is 42.9. The lowest BCUT2D eigenvalue weighted by atomic mass is 9.68. The minimum absolute atomic E-state index is 0.0554. The van der Waals surface area contributed by atoms with Gasteiger partial charge >= 0.3 is 0 Å². The zero-order valence-electron chi connectivity index (χ0n) is 34.4. The van der Waals surface area contributed by atoms with E-state index in [1.54, 1.807) is 30.4 Å². The Hall–Kier alpha value is -4.19. The number of hydrogen-bond donors (Lipinski definition) is 2. The predicted molar refractivity (Wildman–Crippen MR) is 241 cm³/mol. The number of rotatable bonds is 14. The first-order valence-corrected chi connectivity index (χ1v) is 24.7. The standard InChI is InChI=1S/C48H57ClN2O6SSi/c1-6-14-43(52)40-23-19-35(40)29-51-31-48(32-56-44-25-20-34(46(50)53)28-42(44)51)41-24-22-36(49)27-33(41)21-26-45(48)58(54,55)30-37(7-2)57-59(47(3,4)5,38-15-10-8-11-16-38)39-17-12-9-13-18-39/h6-13,15-18,20,22,24-25,27-28,35,37,40,43,45,52H,1-2,14,19,21,23,26,29-32H2,3-5H3,(H2,50,53)/t35-,37+,40+,43-,45?,48?/m0/s1. The molecule has 3 N–H and O–H groups in total. The van der Waals surface area contributed by atoms with E-state index in [0.717, 1.165) is 34.3 Å². The molecule has 0 bridgehead atoms. The number of hydrogen-bond acceptors (Lipinski definition) is 7. The van der Waals surface area contributed by atoms with Gasteiger partial charge in [-0.25, -0.2) is 8.42 Å². The van der Waals surface area contributed by atoms with E-state index in [1.807, 2.05) is 54.6 Å². The average Bonchev–Trinajstić information content (AvgIpc) is 3.35. The summed E-state index contributed by atoms with van der Waals surface area (Å²) in [6.07, 6.45) is 5.20. The Morgan fingerprint density at radius 3 is 2.27 bits per heavy atom. The number of nitrogens with two attached hydrogens (primary N) is 1. The Kier molecular flexibility index (Phi) is 12.4. The summed E-state index contributed by atoms with van der Waals surface area (Å²) in [5.41, 5.74) is 7.65. The van der Waals surface area contributed by atoms with Gasteiger partial charge in [-0.1, -0.05) is 111 Å². The van der Waals surface area contributed by atoms with Gasteiger partial charge in [0.25, 0.3) is 8.32 Å². The van der Waals surface area contributed by atoms with E-state index in [9.17, 15) is 9.90 Å². The fourth-order valence-electron chi connectivity index (χ4n) is 10.1. The number of aliphatic hydroxyl groups is 1. The molecule has 1 heterocycles. The quantitative estimate of drug-likeness (QED) is 0.100. The van der Waals surface area contributed by atoms with Crippen molar-refractivity contribution in [2.24, 2.45) is 17.6 Å². The van der Waals surface area contributed by atoms with Crippen molar-refractivity contribution in [3.63, 3.8) is 0 Å². The maximum Gasteiger partial charge on any atom is 0.261 e. The molecule has 1 saturated carbocycles. The molecule has 2 unspecified atom stereocenters. The molecule has 0 saturated heterocycles. The van der Waals surface area contributed by atoms with Crippen LogP contribution in [0.15, 0.2) is 122 Å². The van der Waals surface area contributed by atoms with Crippen LogP contribution in [0.2, 0.25) is 10.1 Å². The van der Waals surface area contributed by atoms with Gasteiger partial charge in [0.2, 0.25) is 5.91 Å². The largest absolute Gasteiger partial charge is 0.490 e. The molecule has 3 aliphatic rings. The lowest BCUT2D eigenvalue weighted by Gasteiger charge is -2.48. The molecule has 59 heavy (non-hydrogen) atoms. The number of halogens is 1. The summed E-state index contributed by atoms with van der Waals surface area (Å²) in [5, 5.41) is 12.5. The van der Waals surface area contributed by atoms with Crippen LogP contribution < -0.4 is 25.7 Å². The molecule has 1 fully saturated rings. The Morgan fingerprint density at radius 2 is 1.69 bits per heavy atom. The van der Waals surface area contributed by atoms with Crippen LogP contribution in [0.1, 0.15) is 67.9 Å². The van der Waals surface area contributed by atoms with E-state index in [1.165, 1.54) is 0 Å². The van der Waals surface area contributed by atoms with Crippen LogP contribution in [-0.4, -0.2) is 70.7 Å². The molecule has 4 aromatic carbocycles. The van der Waals surface area contributed by atoms with Crippen molar-refractivity contribution >= 4 is 51.7 Å². The average molecular weight is 854 g/mol. The van der Waals surface area contributed by atoms with Crippen molar-refractivity contribution < 1.29 is 27.5 Å². The number of sulfone groups is 1. The summed E-state index contributed by atoms with van der Waals surface area (Å²) in [6.45, 7) is 15.4. The van der Waals surface area contributed by atoms with E-state index in [2.05, 4.69) is 63.1 Å². The van der Waals surface area contributed by atoms with Crippen LogP contribution >= 0.6 is 11.6 Å². The summed E-state index contributed by atoms with van der Waals surface area (Å²) in [6, 6.07) is 31.3. The molecule has 2 aliphatic carbocycles. The van der Waals surface area contributed by atoms with Crippen molar-refractivity contribution in [2.45, 2.75) is 80.8 Å². The highest BCUT2D eigenvalue weighted by molar-refractivity contribution is 7.92. The zero-order valence-corrected chi connectivity index (χ0v) is 36.9. The molecule has 1 amide bonds. The van der Waals surface area contributed by atoms with Gasteiger partial charge in [-0.3, -0.25) is 4.79 Å². The highest BCUT2D eigenvalue weighted by atomic mass is 35.5. The smallest absolute Gasteiger partial charge is 0.261 e. The van der Waals surface area contributed by atoms with Crippen molar-refractivity contribution in [1.82, 2.24) is 0 Å². The maximum absolute atomic E-state index is 15.5. The minimum Gasteiger partial charge on any atom is -0.490 e. The van der Waals surface area contributed by atoms with Crippen molar-refractivity contribution in [3.05, 3.63) is 144 Å². The van der Waals surface area contributed by atoms with Crippen LogP contribution in [0.3, 0.4) is 0 Å². The number of carbonyl (C=O) groups excluding carboxylic acids is 1. The molecule has 11 heteroatoms. The second kappa shape index (κ2) is 17.1. The van der Waals surface area contributed by atoms with Gasteiger partial charge in [-0.15, -0.1) is 13.2 Å². The number of carbonyl (C=O) groups is 1. The van der Waals surface area contributed by atoms with Gasteiger partial charge in [0, 0.05) is 23.7 Å². The van der Waals surface area contributed by atoms with Crippen LogP contribution in [0.25, 0.3) is 0 Å². The molecular weight excluding hydrogens is 796 g/mol. The van der Waals surface area contributed by atoms with Gasteiger partial charge in [0.15, 0.2) is 9.84 Å². The topological polar surface area (TPSA) is 119 Å². The van der Waals surface area contributed by atoms with Gasteiger partial charge in [-0.05, 0) is 101 Å². The van der Waals surface area contributed by atoms with Crippen molar-refractivity contribution in [2.75, 3.05) is 30.3 Å². The first-order chi connectivity index (χ1) is 28.1. The number of aliphatic hydroxyl groups excluding tert-OH is 1. The van der Waals surface area contributed by atoms with E-state index >= 15 is 8.42 Å². The summed E-state index contributed by atoms with van der Waals surface area (Å²) < 4.78 is 45.2. The van der Waals surface area contributed by atoms with Crippen molar-refractivity contribution in [1.29, 1.82) is 0 Å². The molecule has 6 atom stereocenters. The number of fused-ring (bicyclic) bond motifs is 3. The molecular formula is C48H57ClN2O6SSi. The van der Waals surface area contributed by atoms with E-state index < -0.39 is 46.9 Å². The number of nitrogens with zero attached hydrogens (tertiary/aromatic N) is 1. The zero-order chi connectivity index (χ0) is 42.2.